The molecule has 0 spiro atoms. The molecule has 0 aliphatic carbocycles. The van der Waals surface area contributed by atoms with Gasteiger partial charge in [0.15, 0.2) is 0 Å². The lowest BCUT2D eigenvalue weighted by Crippen LogP contribution is -2.21. The second kappa shape index (κ2) is 6.51. The summed E-state index contributed by atoms with van der Waals surface area (Å²) >= 11 is 0. The number of para-hydroxylation sites is 2. The van der Waals surface area contributed by atoms with Gasteiger partial charge in [0.1, 0.15) is 5.82 Å². The largest absolute Gasteiger partial charge is 0.481 e. The average Bonchev–Trinajstić information content (AvgIpc) is 2.43. The zero-order valence-electron chi connectivity index (χ0n) is 11.0. The minimum absolute atomic E-state index is 0.0470. The number of hydrogen-bond acceptors (Lipinski definition) is 2. The summed E-state index contributed by atoms with van der Waals surface area (Å²) in [6, 6.07) is 11.7. The summed E-state index contributed by atoms with van der Waals surface area (Å²) in [6.45, 7) is 0. The molecule has 0 unspecified atom stereocenters. The van der Waals surface area contributed by atoms with Crippen LogP contribution in [0.1, 0.15) is 5.56 Å². The quantitative estimate of drug-likeness (QED) is 0.809. The first-order valence-electron chi connectivity index (χ1n) is 6.18. The minimum atomic E-state index is -1.00. The van der Waals surface area contributed by atoms with Crippen LogP contribution < -0.4 is 10.6 Å². The van der Waals surface area contributed by atoms with Gasteiger partial charge in [-0.2, -0.15) is 0 Å². The molecule has 21 heavy (non-hydrogen) atoms. The Bertz CT molecular complexity index is 673. The van der Waals surface area contributed by atoms with Gasteiger partial charge in [0.25, 0.3) is 0 Å². The molecule has 108 valence electrons. The van der Waals surface area contributed by atoms with Gasteiger partial charge in [-0.1, -0.05) is 30.3 Å². The highest BCUT2D eigenvalue weighted by Crippen LogP contribution is 2.17. The summed E-state index contributed by atoms with van der Waals surface area (Å²) in [6.07, 6.45) is -0.212. The molecule has 2 aromatic rings. The van der Waals surface area contributed by atoms with Crippen LogP contribution in [0.5, 0.6) is 0 Å². The number of carbonyl (C=O) groups is 2. The molecule has 6 heteroatoms. The third kappa shape index (κ3) is 4.04. The monoisotopic (exact) mass is 288 g/mol. The molecule has 0 aliphatic heterocycles. The van der Waals surface area contributed by atoms with Crippen LogP contribution in [-0.2, 0) is 11.2 Å². The van der Waals surface area contributed by atoms with E-state index in [4.69, 9.17) is 5.11 Å². The van der Waals surface area contributed by atoms with E-state index in [1.165, 1.54) is 18.2 Å². The molecule has 2 rings (SSSR count). The van der Waals surface area contributed by atoms with E-state index in [2.05, 4.69) is 10.6 Å². The molecule has 0 bridgehead atoms. The number of carbonyl (C=O) groups excluding carboxylic acids is 1. The summed E-state index contributed by atoms with van der Waals surface area (Å²) in [5, 5.41) is 13.7. The molecule has 5 nitrogen and oxygen atoms in total. The Hall–Kier alpha value is -2.89. The number of aliphatic carboxylic acids is 1. The van der Waals surface area contributed by atoms with Crippen molar-refractivity contribution in [2.45, 2.75) is 6.42 Å². The molecule has 0 heterocycles. The number of carboxylic acids is 1. The number of anilines is 2. The van der Waals surface area contributed by atoms with Crippen LogP contribution in [0.15, 0.2) is 48.5 Å². The Labute approximate surface area is 120 Å². The molecular formula is C15H13FN2O3. The summed E-state index contributed by atoms with van der Waals surface area (Å²) in [5.41, 5.74) is 0.883. The third-order valence-electron chi connectivity index (χ3n) is 2.73. The third-order valence-corrected chi connectivity index (χ3v) is 2.73. The van der Waals surface area contributed by atoms with Gasteiger partial charge in [-0.3, -0.25) is 4.79 Å². The molecule has 0 atom stereocenters. The van der Waals surface area contributed by atoms with Gasteiger partial charge >= 0.3 is 12.0 Å². The maximum Gasteiger partial charge on any atom is 0.323 e. The highest BCUT2D eigenvalue weighted by Gasteiger charge is 2.10. The van der Waals surface area contributed by atoms with Crippen molar-refractivity contribution in [3.63, 3.8) is 0 Å². The highest BCUT2D eigenvalue weighted by atomic mass is 19.1. The Balaban J connectivity index is 2.10. The zero-order chi connectivity index (χ0) is 15.2. The lowest BCUT2D eigenvalue weighted by Gasteiger charge is -2.11. The van der Waals surface area contributed by atoms with Gasteiger partial charge in [-0.25, -0.2) is 9.18 Å². The fraction of sp³-hybridized carbons (Fsp3) is 0.0667. The van der Waals surface area contributed by atoms with Crippen molar-refractivity contribution >= 4 is 23.4 Å². The van der Waals surface area contributed by atoms with Crippen LogP contribution in [0.2, 0.25) is 0 Å². The smallest absolute Gasteiger partial charge is 0.323 e. The van der Waals surface area contributed by atoms with Crippen LogP contribution in [-0.4, -0.2) is 17.1 Å². The van der Waals surface area contributed by atoms with Gasteiger partial charge in [0.2, 0.25) is 0 Å². The van der Waals surface area contributed by atoms with Crippen molar-refractivity contribution in [2.24, 2.45) is 0 Å². The Kier molecular flexibility index (Phi) is 4.50. The van der Waals surface area contributed by atoms with Crippen molar-refractivity contribution in [3.8, 4) is 0 Å². The first-order valence-corrected chi connectivity index (χ1v) is 6.18. The first-order chi connectivity index (χ1) is 10.1. The Morgan fingerprint density at radius 2 is 1.52 bits per heavy atom. The van der Waals surface area contributed by atoms with E-state index in [9.17, 15) is 14.0 Å². The predicted molar refractivity (Wildman–Crippen MR) is 76.8 cm³/mol. The minimum Gasteiger partial charge on any atom is -0.481 e. The summed E-state index contributed by atoms with van der Waals surface area (Å²) in [4.78, 5) is 22.6. The number of benzene rings is 2. The molecule has 2 amide bonds. The van der Waals surface area contributed by atoms with Gasteiger partial charge in [0.05, 0.1) is 12.1 Å². The normalized spacial score (nSPS) is 9.95. The van der Waals surface area contributed by atoms with Crippen LogP contribution in [0.4, 0.5) is 20.6 Å². The summed E-state index contributed by atoms with van der Waals surface area (Å²) in [7, 11) is 0. The van der Waals surface area contributed by atoms with E-state index >= 15 is 0 Å². The van der Waals surface area contributed by atoms with E-state index in [1.54, 1.807) is 30.3 Å². The highest BCUT2D eigenvalue weighted by molar-refractivity contribution is 6.00. The first kappa shape index (κ1) is 14.5. The molecule has 3 N–H and O–H groups in total. The van der Waals surface area contributed by atoms with E-state index in [1.807, 2.05) is 0 Å². The Morgan fingerprint density at radius 3 is 2.19 bits per heavy atom. The summed E-state index contributed by atoms with van der Waals surface area (Å²) in [5.74, 6) is -1.55. The molecule has 0 fully saturated rings. The summed E-state index contributed by atoms with van der Waals surface area (Å²) < 4.78 is 13.4. The van der Waals surface area contributed by atoms with Crippen LogP contribution in [0, 0.1) is 5.82 Å². The van der Waals surface area contributed by atoms with E-state index in [0.717, 1.165) is 0 Å². The number of amides is 2. The molecule has 0 aromatic heterocycles. The van der Waals surface area contributed by atoms with Crippen molar-refractivity contribution in [1.82, 2.24) is 0 Å². The van der Waals surface area contributed by atoms with Crippen molar-refractivity contribution < 1.29 is 19.1 Å². The Morgan fingerprint density at radius 1 is 0.952 bits per heavy atom. The number of urea groups is 1. The van der Waals surface area contributed by atoms with Gasteiger partial charge < -0.3 is 15.7 Å². The lowest BCUT2D eigenvalue weighted by molar-refractivity contribution is -0.136. The molecule has 0 radical (unpaired) electrons. The molecule has 0 saturated heterocycles. The SMILES string of the molecule is O=C(O)Cc1ccccc1NC(=O)Nc1ccccc1F. The van der Waals surface area contributed by atoms with Gasteiger partial charge in [-0.15, -0.1) is 0 Å². The van der Waals surface area contributed by atoms with Crippen molar-refractivity contribution in [2.75, 3.05) is 10.6 Å². The van der Waals surface area contributed by atoms with Crippen LogP contribution >= 0.6 is 0 Å². The van der Waals surface area contributed by atoms with Gasteiger partial charge in [0, 0.05) is 5.69 Å². The topological polar surface area (TPSA) is 78.4 Å². The number of carboxylic acid groups (broad SMARTS) is 1. The number of rotatable bonds is 4. The maximum absolute atomic E-state index is 13.4. The fourth-order valence-corrected chi connectivity index (χ4v) is 1.80. The molecule has 2 aromatic carbocycles. The second-order valence-electron chi connectivity index (χ2n) is 4.29. The fourth-order valence-electron chi connectivity index (χ4n) is 1.80. The van der Waals surface area contributed by atoms with E-state index in [0.29, 0.717) is 11.3 Å². The van der Waals surface area contributed by atoms with Gasteiger partial charge in [-0.05, 0) is 23.8 Å². The van der Waals surface area contributed by atoms with E-state index < -0.39 is 17.8 Å². The van der Waals surface area contributed by atoms with Crippen LogP contribution in [0.3, 0.4) is 0 Å². The van der Waals surface area contributed by atoms with Crippen molar-refractivity contribution in [1.29, 1.82) is 0 Å². The number of halogens is 1. The van der Waals surface area contributed by atoms with Crippen molar-refractivity contribution in [3.05, 3.63) is 59.9 Å². The maximum atomic E-state index is 13.4. The molecular weight excluding hydrogens is 275 g/mol. The number of hydrogen-bond donors (Lipinski definition) is 3. The van der Waals surface area contributed by atoms with Crippen LogP contribution in [0.25, 0.3) is 0 Å². The lowest BCUT2D eigenvalue weighted by atomic mass is 10.1. The number of nitrogens with one attached hydrogen (secondary N) is 2. The average molecular weight is 288 g/mol. The molecule has 0 saturated carbocycles. The predicted octanol–water partition coefficient (Wildman–Crippen LogP) is 3.10. The standard InChI is InChI=1S/C15H13FN2O3/c16-11-6-2-4-8-13(11)18-15(21)17-12-7-3-1-5-10(12)9-14(19)20/h1-8H,9H2,(H,19,20)(H2,17,18,21). The van der Waals surface area contributed by atoms with E-state index in [-0.39, 0.29) is 12.1 Å². The second-order valence-corrected chi connectivity index (χ2v) is 4.29. The zero-order valence-corrected chi connectivity index (χ0v) is 11.0. The molecule has 0 aliphatic rings.